The van der Waals surface area contributed by atoms with Gasteiger partial charge in [0.25, 0.3) is 0 Å². The highest BCUT2D eigenvalue weighted by molar-refractivity contribution is 8.00. The monoisotopic (exact) mass is 274 g/mol. The number of hydrogen-bond donors (Lipinski definition) is 0. The van der Waals surface area contributed by atoms with E-state index in [4.69, 9.17) is 0 Å². The Kier molecular flexibility index (Phi) is 4.38. The van der Waals surface area contributed by atoms with Gasteiger partial charge in [0, 0.05) is 10.5 Å². The molecule has 0 aliphatic carbocycles. The molecule has 0 fully saturated rings. The molecule has 0 amide bonds. The molecule has 0 unspecified atom stereocenters. The lowest BCUT2D eigenvalue weighted by Crippen LogP contribution is -2.02. The maximum atomic E-state index is 13.0. The van der Waals surface area contributed by atoms with Gasteiger partial charge >= 0.3 is 0 Å². The van der Waals surface area contributed by atoms with Gasteiger partial charge in [0.15, 0.2) is 5.78 Å². The molecule has 3 heteroatoms. The molecule has 0 aliphatic heterocycles. The molecule has 0 saturated carbocycles. The number of ketones is 1. The Balaban J connectivity index is 2.06. The van der Waals surface area contributed by atoms with Crippen LogP contribution in [0.1, 0.15) is 21.5 Å². The molecule has 19 heavy (non-hydrogen) atoms. The van der Waals surface area contributed by atoms with Crippen molar-refractivity contribution in [3.05, 3.63) is 65.0 Å². The molecule has 0 aliphatic rings. The van der Waals surface area contributed by atoms with Gasteiger partial charge in [0.05, 0.1) is 5.75 Å². The summed E-state index contributed by atoms with van der Waals surface area (Å²) >= 11 is 1.50. The Morgan fingerprint density at radius 1 is 1.16 bits per heavy atom. The molecule has 0 saturated heterocycles. The first kappa shape index (κ1) is 13.8. The number of carbonyl (C=O) groups excluding carboxylic acids is 1. The van der Waals surface area contributed by atoms with Crippen molar-refractivity contribution in [2.24, 2.45) is 0 Å². The van der Waals surface area contributed by atoms with Crippen LogP contribution < -0.4 is 0 Å². The highest BCUT2D eigenvalue weighted by Gasteiger charge is 2.08. The Bertz CT molecular complexity index is 607. The van der Waals surface area contributed by atoms with Gasteiger partial charge in [-0.1, -0.05) is 29.8 Å². The molecule has 0 N–H and O–H groups in total. The third kappa shape index (κ3) is 3.67. The van der Waals surface area contributed by atoms with Gasteiger partial charge in [-0.2, -0.15) is 0 Å². The van der Waals surface area contributed by atoms with Crippen molar-refractivity contribution < 1.29 is 9.18 Å². The third-order valence-electron chi connectivity index (χ3n) is 2.85. The fourth-order valence-corrected chi connectivity index (χ4v) is 2.77. The van der Waals surface area contributed by atoms with Crippen molar-refractivity contribution in [1.82, 2.24) is 0 Å². The molecular formula is C16H15FOS. The average molecular weight is 274 g/mol. The predicted octanol–water partition coefficient (Wildman–Crippen LogP) is 4.42. The van der Waals surface area contributed by atoms with Crippen molar-refractivity contribution in [3.63, 3.8) is 0 Å². The first-order chi connectivity index (χ1) is 9.06. The SMILES string of the molecule is Cc1ccc(C)c(SCC(=O)c2cccc(F)c2)c1. The molecule has 0 spiro atoms. The molecular weight excluding hydrogens is 259 g/mol. The Hall–Kier alpha value is -1.61. The summed E-state index contributed by atoms with van der Waals surface area (Å²) in [5, 5.41) is 0. The Morgan fingerprint density at radius 2 is 1.95 bits per heavy atom. The molecule has 0 bridgehead atoms. The number of Topliss-reactive ketones (excluding diaryl/α,β-unsaturated/α-hetero) is 1. The molecule has 0 radical (unpaired) electrons. The molecule has 0 aromatic heterocycles. The quantitative estimate of drug-likeness (QED) is 0.606. The maximum Gasteiger partial charge on any atom is 0.173 e. The fraction of sp³-hybridized carbons (Fsp3) is 0.188. The minimum atomic E-state index is -0.373. The van der Waals surface area contributed by atoms with Crippen LogP contribution in [-0.4, -0.2) is 11.5 Å². The summed E-state index contributed by atoms with van der Waals surface area (Å²) in [7, 11) is 0. The lowest BCUT2D eigenvalue weighted by Gasteiger charge is -2.06. The summed E-state index contributed by atoms with van der Waals surface area (Å²) < 4.78 is 13.0. The van der Waals surface area contributed by atoms with Gasteiger partial charge in [-0.05, 0) is 37.6 Å². The number of rotatable bonds is 4. The second-order valence-corrected chi connectivity index (χ2v) is 5.51. The minimum Gasteiger partial charge on any atom is -0.293 e. The summed E-state index contributed by atoms with van der Waals surface area (Å²) in [6.07, 6.45) is 0. The van der Waals surface area contributed by atoms with E-state index in [-0.39, 0.29) is 11.6 Å². The molecule has 2 aromatic rings. The second kappa shape index (κ2) is 6.02. The van der Waals surface area contributed by atoms with Crippen LogP contribution in [0.15, 0.2) is 47.4 Å². The zero-order valence-electron chi connectivity index (χ0n) is 10.9. The summed E-state index contributed by atoms with van der Waals surface area (Å²) in [5.41, 5.74) is 2.76. The van der Waals surface area contributed by atoms with Crippen molar-refractivity contribution in [2.45, 2.75) is 18.7 Å². The predicted molar refractivity (Wildman–Crippen MR) is 77.4 cm³/mol. The number of halogens is 1. The van der Waals surface area contributed by atoms with E-state index in [1.165, 1.54) is 29.5 Å². The van der Waals surface area contributed by atoms with E-state index in [9.17, 15) is 9.18 Å². The maximum absolute atomic E-state index is 13.0. The number of hydrogen-bond acceptors (Lipinski definition) is 2. The summed E-state index contributed by atoms with van der Waals surface area (Å²) in [5.74, 6) is -0.0960. The Morgan fingerprint density at radius 3 is 2.68 bits per heavy atom. The van der Waals surface area contributed by atoms with Crippen LogP contribution in [0.2, 0.25) is 0 Å². The number of aryl methyl sites for hydroxylation is 2. The van der Waals surface area contributed by atoms with Crippen molar-refractivity contribution in [1.29, 1.82) is 0 Å². The second-order valence-electron chi connectivity index (χ2n) is 4.49. The first-order valence-corrected chi connectivity index (χ1v) is 7.03. The first-order valence-electron chi connectivity index (χ1n) is 6.05. The van der Waals surface area contributed by atoms with Crippen LogP contribution in [-0.2, 0) is 0 Å². The zero-order valence-corrected chi connectivity index (χ0v) is 11.8. The molecule has 0 heterocycles. The van der Waals surface area contributed by atoms with E-state index in [0.717, 1.165) is 10.5 Å². The van der Waals surface area contributed by atoms with Crippen LogP contribution in [0.5, 0.6) is 0 Å². The Labute approximate surface area is 116 Å². The minimum absolute atomic E-state index is 0.0505. The number of benzene rings is 2. The average Bonchev–Trinajstić information content (AvgIpc) is 2.39. The van der Waals surface area contributed by atoms with Crippen LogP contribution in [0.3, 0.4) is 0 Å². The summed E-state index contributed by atoms with van der Waals surface area (Å²) in [6, 6.07) is 12.0. The van der Waals surface area contributed by atoms with Gasteiger partial charge in [0.1, 0.15) is 5.82 Å². The van der Waals surface area contributed by atoms with Crippen molar-refractivity contribution >= 4 is 17.5 Å². The van der Waals surface area contributed by atoms with E-state index >= 15 is 0 Å². The third-order valence-corrected chi connectivity index (χ3v) is 4.01. The van der Waals surface area contributed by atoms with Gasteiger partial charge < -0.3 is 0 Å². The normalized spacial score (nSPS) is 10.5. The number of carbonyl (C=O) groups is 1. The number of thioether (sulfide) groups is 1. The zero-order chi connectivity index (χ0) is 13.8. The molecule has 2 rings (SSSR count). The molecule has 1 nitrogen and oxygen atoms in total. The standard InChI is InChI=1S/C16H15FOS/c1-11-6-7-12(2)16(8-11)19-10-15(18)13-4-3-5-14(17)9-13/h3-9H,10H2,1-2H3. The van der Waals surface area contributed by atoms with Crippen molar-refractivity contribution in [2.75, 3.05) is 5.75 Å². The van der Waals surface area contributed by atoms with E-state index < -0.39 is 0 Å². The van der Waals surface area contributed by atoms with Crippen LogP contribution in [0, 0.1) is 19.7 Å². The highest BCUT2D eigenvalue weighted by Crippen LogP contribution is 2.24. The van der Waals surface area contributed by atoms with Gasteiger partial charge in [-0.3, -0.25) is 4.79 Å². The van der Waals surface area contributed by atoms with Crippen LogP contribution in [0.25, 0.3) is 0 Å². The fourth-order valence-electron chi connectivity index (χ4n) is 1.75. The summed E-state index contributed by atoms with van der Waals surface area (Å²) in [6.45, 7) is 4.05. The van der Waals surface area contributed by atoms with Gasteiger partial charge in [0.2, 0.25) is 0 Å². The van der Waals surface area contributed by atoms with E-state index in [2.05, 4.69) is 6.07 Å². The lowest BCUT2D eigenvalue weighted by molar-refractivity contribution is 0.102. The summed E-state index contributed by atoms with van der Waals surface area (Å²) in [4.78, 5) is 13.1. The topological polar surface area (TPSA) is 17.1 Å². The molecule has 2 aromatic carbocycles. The highest BCUT2D eigenvalue weighted by atomic mass is 32.2. The van der Waals surface area contributed by atoms with Gasteiger partial charge in [-0.15, -0.1) is 11.8 Å². The van der Waals surface area contributed by atoms with Crippen molar-refractivity contribution in [3.8, 4) is 0 Å². The van der Waals surface area contributed by atoms with Crippen LogP contribution >= 0.6 is 11.8 Å². The molecule has 98 valence electrons. The van der Waals surface area contributed by atoms with Gasteiger partial charge in [-0.25, -0.2) is 4.39 Å². The van der Waals surface area contributed by atoms with E-state index in [0.29, 0.717) is 11.3 Å². The van der Waals surface area contributed by atoms with E-state index in [1.54, 1.807) is 12.1 Å². The molecule has 0 atom stereocenters. The smallest absolute Gasteiger partial charge is 0.173 e. The lowest BCUT2D eigenvalue weighted by atomic mass is 10.1. The largest absolute Gasteiger partial charge is 0.293 e. The van der Waals surface area contributed by atoms with Crippen LogP contribution in [0.4, 0.5) is 4.39 Å². The van der Waals surface area contributed by atoms with E-state index in [1.807, 2.05) is 26.0 Å².